The number of nitrogens with two attached hydrogens (primary N) is 1. The number of hydrogen-bond donors (Lipinski definition) is 4. The van der Waals surface area contributed by atoms with E-state index in [1.807, 2.05) is 0 Å². The normalized spacial score (nSPS) is 13.7. The predicted molar refractivity (Wildman–Crippen MR) is 35.0 cm³/mol. The van der Waals surface area contributed by atoms with Crippen LogP contribution in [0.2, 0.25) is 0 Å². The van der Waals surface area contributed by atoms with Crippen molar-refractivity contribution >= 4 is 0 Å². The average Bonchev–Trinajstić information content (AvgIpc) is 1.89. The molecule has 0 saturated carbocycles. The fourth-order valence-electron chi connectivity index (χ4n) is 0.431. The molecule has 4 nitrogen and oxygen atoms in total. The molecule has 0 spiro atoms. The molecule has 0 aliphatic carbocycles. The summed E-state index contributed by atoms with van der Waals surface area (Å²) in [7, 11) is 0. The van der Waals surface area contributed by atoms with Gasteiger partial charge in [-0.05, 0) is 0 Å². The zero-order chi connectivity index (χ0) is 7.11. The first-order valence-corrected chi connectivity index (χ1v) is 3.01. The fraction of sp³-hybridized carbons (Fsp3) is 1.00. The zero-order valence-electron chi connectivity index (χ0n) is 5.38. The van der Waals surface area contributed by atoms with Gasteiger partial charge in [-0.1, -0.05) is 0 Å². The van der Waals surface area contributed by atoms with Gasteiger partial charge in [0.05, 0.1) is 12.7 Å². The topological polar surface area (TPSA) is 78.5 Å². The maximum absolute atomic E-state index is 8.82. The van der Waals surface area contributed by atoms with Crippen LogP contribution in [-0.2, 0) is 0 Å². The van der Waals surface area contributed by atoms with E-state index in [0.29, 0.717) is 13.1 Å². The Labute approximate surface area is 54.7 Å². The van der Waals surface area contributed by atoms with E-state index >= 15 is 0 Å². The minimum absolute atomic E-state index is 0.0945. The molecule has 0 aliphatic rings. The summed E-state index contributed by atoms with van der Waals surface area (Å²) in [5.41, 5.74) is 5.10. The SMILES string of the molecule is NCC(O)CNCCO. The van der Waals surface area contributed by atoms with Crippen molar-refractivity contribution in [3.63, 3.8) is 0 Å². The molecule has 0 aromatic heterocycles. The number of nitrogens with one attached hydrogen (secondary N) is 1. The van der Waals surface area contributed by atoms with Gasteiger partial charge in [-0.3, -0.25) is 0 Å². The minimum atomic E-state index is -0.489. The van der Waals surface area contributed by atoms with Crippen LogP contribution in [0.4, 0.5) is 0 Å². The summed E-state index contributed by atoms with van der Waals surface area (Å²) in [5, 5.41) is 19.9. The van der Waals surface area contributed by atoms with Gasteiger partial charge < -0.3 is 21.3 Å². The maximum Gasteiger partial charge on any atom is 0.0786 e. The summed E-state index contributed by atoms with van der Waals surface area (Å²) in [4.78, 5) is 0. The smallest absolute Gasteiger partial charge is 0.0786 e. The molecular formula is C5H14N2O2. The Morgan fingerprint density at radius 1 is 1.56 bits per heavy atom. The van der Waals surface area contributed by atoms with Crippen molar-refractivity contribution in [3.8, 4) is 0 Å². The molecule has 56 valence electrons. The summed E-state index contributed by atoms with van der Waals surface area (Å²) in [6, 6.07) is 0. The predicted octanol–water partition coefficient (Wildman–Crippen LogP) is -2.11. The zero-order valence-corrected chi connectivity index (χ0v) is 5.38. The molecule has 4 heteroatoms. The van der Waals surface area contributed by atoms with E-state index in [1.54, 1.807) is 0 Å². The summed E-state index contributed by atoms with van der Waals surface area (Å²) < 4.78 is 0. The standard InChI is InChI=1S/C5H14N2O2/c6-3-5(9)4-7-1-2-8/h5,7-9H,1-4,6H2. The van der Waals surface area contributed by atoms with Gasteiger partial charge >= 0.3 is 0 Å². The second kappa shape index (κ2) is 5.97. The number of rotatable bonds is 5. The Balaban J connectivity index is 2.88. The van der Waals surface area contributed by atoms with Crippen LogP contribution in [0, 0.1) is 0 Å². The van der Waals surface area contributed by atoms with E-state index in [2.05, 4.69) is 5.32 Å². The van der Waals surface area contributed by atoms with Crippen molar-refractivity contribution in [1.29, 1.82) is 0 Å². The van der Waals surface area contributed by atoms with E-state index < -0.39 is 6.10 Å². The van der Waals surface area contributed by atoms with Gasteiger partial charge in [-0.15, -0.1) is 0 Å². The number of hydrogen-bond acceptors (Lipinski definition) is 4. The quantitative estimate of drug-likeness (QED) is 0.324. The van der Waals surface area contributed by atoms with Gasteiger partial charge in [0.1, 0.15) is 0 Å². The Morgan fingerprint density at radius 3 is 2.67 bits per heavy atom. The van der Waals surface area contributed by atoms with Gasteiger partial charge in [0.2, 0.25) is 0 Å². The molecule has 5 N–H and O–H groups in total. The largest absolute Gasteiger partial charge is 0.395 e. The van der Waals surface area contributed by atoms with Gasteiger partial charge in [0.25, 0.3) is 0 Å². The minimum Gasteiger partial charge on any atom is -0.395 e. The van der Waals surface area contributed by atoms with Crippen molar-refractivity contribution in [1.82, 2.24) is 5.32 Å². The highest BCUT2D eigenvalue weighted by atomic mass is 16.3. The van der Waals surface area contributed by atoms with E-state index in [9.17, 15) is 0 Å². The molecule has 0 fully saturated rings. The van der Waals surface area contributed by atoms with Crippen LogP contribution in [0.15, 0.2) is 0 Å². The van der Waals surface area contributed by atoms with Crippen LogP contribution in [0.5, 0.6) is 0 Å². The summed E-state index contributed by atoms with van der Waals surface area (Å²) in [6.45, 7) is 1.32. The lowest BCUT2D eigenvalue weighted by Crippen LogP contribution is -2.33. The number of aliphatic hydroxyl groups is 2. The second-order valence-corrected chi connectivity index (χ2v) is 1.82. The molecular weight excluding hydrogens is 120 g/mol. The monoisotopic (exact) mass is 134 g/mol. The number of aliphatic hydroxyl groups excluding tert-OH is 2. The van der Waals surface area contributed by atoms with Gasteiger partial charge in [-0.2, -0.15) is 0 Å². The lowest BCUT2D eigenvalue weighted by atomic mass is 10.3. The van der Waals surface area contributed by atoms with E-state index in [4.69, 9.17) is 15.9 Å². The highest BCUT2D eigenvalue weighted by Crippen LogP contribution is 1.72. The maximum atomic E-state index is 8.82. The van der Waals surface area contributed by atoms with Gasteiger partial charge in [-0.25, -0.2) is 0 Å². The third-order valence-electron chi connectivity index (χ3n) is 0.941. The highest BCUT2D eigenvalue weighted by molar-refractivity contribution is 4.58. The first kappa shape index (κ1) is 8.84. The summed E-state index contributed by atoms with van der Waals surface area (Å²) >= 11 is 0. The van der Waals surface area contributed by atoms with E-state index in [-0.39, 0.29) is 13.2 Å². The summed E-state index contributed by atoms with van der Waals surface area (Å²) in [5.74, 6) is 0. The van der Waals surface area contributed by atoms with Crippen molar-refractivity contribution in [2.24, 2.45) is 5.73 Å². The average molecular weight is 134 g/mol. The molecule has 0 rings (SSSR count). The molecule has 0 aromatic rings. The van der Waals surface area contributed by atoms with Crippen LogP contribution < -0.4 is 11.1 Å². The van der Waals surface area contributed by atoms with Crippen molar-refractivity contribution in [2.45, 2.75) is 6.10 Å². The molecule has 0 aromatic carbocycles. The Hall–Kier alpha value is -0.160. The third-order valence-corrected chi connectivity index (χ3v) is 0.941. The van der Waals surface area contributed by atoms with Gasteiger partial charge in [0.15, 0.2) is 0 Å². The molecule has 1 atom stereocenters. The lowest BCUT2D eigenvalue weighted by molar-refractivity contribution is 0.175. The molecule has 0 aliphatic heterocycles. The van der Waals surface area contributed by atoms with Crippen molar-refractivity contribution < 1.29 is 10.2 Å². The van der Waals surface area contributed by atoms with Crippen molar-refractivity contribution in [2.75, 3.05) is 26.2 Å². The third kappa shape index (κ3) is 5.72. The first-order valence-electron chi connectivity index (χ1n) is 3.01. The Bertz CT molecular complexity index is 60.9. The second-order valence-electron chi connectivity index (χ2n) is 1.82. The van der Waals surface area contributed by atoms with Gasteiger partial charge in [0, 0.05) is 19.6 Å². The lowest BCUT2D eigenvalue weighted by Gasteiger charge is -2.06. The Kier molecular flexibility index (Phi) is 5.86. The molecule has 0 bridgehead atoms. The fourth-order valence-corrected chi connectivity index (χ4v) is 0.431. The van der Waals surface area contributed by atoms with E-state index in [1.165, 1.54) is 0 Å². The van der Waals surface area contributed by atoms with Crippen LogP contribution in [0.3, 0.4) is 0 Å². The summed E-state index contributed by atoms with van der Waals surface area (Å²) in [6.07, 6.45) is -0.489. The Morgan fingerprint density at radius 2 is 2.22 bits per heavy atom. The van der Waals surface area contributed by atoms with Crippen LogP contribution in [-0.4, -0.2) is 42.6 Å². The molecule has 0 saturated heterocycles. The molecule has 0 heterocycles. The molecule has 0 amide bonds. The molecule has 0 radical (unpaired) electrons. The van der Waals surface area contributed by atoms with Crippen molar-refractivity contribution in [3.05, 3.63) is 0 Å². The van der Waals surface area contributed by atoms with Crippen LogP contribution in [0.1, 0.15) is 0 Å². The van der Waals surface area contributed by atoms with E-state index in [0.717, 1.165) is 0 Å². The molecule has 9 heavy (non-hydrogen) atoms. The van der Waals surface area contributed by atoms with Crippen LogP contribution in [0.25, 0.3) is 0 Å². The first-order chi connectivity index (χ1) is 4.31. The molecule has 1 unspecified atom stereocenters. The van der Waals surface area contributed by atoms with Crippen LogP contribution >= 0.6 is 0 Å². The highest BCUT2D eigenvalue weighted by Gasteiger charge is 1.96.